The third-order valence-corrected chi connectivity index (χ3v) is 4.50. The molecule has 0 amide bonds. The molecule has 2 fully saturated rings. The molecule has 0 aromatic carbocycles. The van der Waals surface area contributed by atoms with Crippen molar-refractivity contribution < 1.29 is 4.74 Å². The first-order chi connectivity index (χ1) is 7.66. The molecule has 1 aromatic heterocycles. The monoisotopic (exact) mass is 217 g/mol. The summed E-state index contributed by atoms with van der Waals surface area (Å²) in [6, 6.07) is 4.37. The third kappa shape index (κ3) is 1.40. The molecule has 2 aliphatic heterocycles. The van der Waals surface area contributed by atoms with Gasteiger partial charge in [-0.3, -0.25) is 4.98 Å². The van der Waals surface area contributed by atoms with Gasteiger partial charge in [0.05, 0.1) is 12.2 Å². The van der Waals surface area contributed by atoms with Crippen molar-refractivity contribution in [2.75, 3.05) is 0 Å². The maximum atomic E-state index is 6.08. The van der Waals surface area contributed by atoms with E-state index in [4.69, 9.17) is 4.74 Å². The van der Waals surface area contributed by atoms with E-state index in [9.17, 15) is 0 Å². The number of rotatable bonds is 1. The van der Waals surface area contributed by atoms with Crippen LogP contribution in [0.25, 0.3) is 0 Å². The molecule has 2 bridgehead atoms. The molecular formula is C14H19NO. The van der Waals surface area contributed by atoms with Crippen LogP contribution >= 0.6 is 0 Å². The van der Waals surface area contributed by atoms with E-state index in [0.29, 0.717) is 24.0 Å². The number of hydrogen-bond donors (Lipinski definition) is 0. The van der Waals surface area contributed by atoms with Gasteiger partial charge in [0.25, 0.3) is 0 Å². The Morgan fingerprint density at radius 2 is 2.12 bits per heavy atom. The molecule has 3 rings (SSSR count). The molecule has 1 aromatic rings. The molecule has 3 heterocycles. The zero-order chi connectivity index (χ0) is 11.3. The van der Waals surface area contributed by atoms with E-state index < -0.39 is 0 Å². The van der Waals surface area contributed by atoms with Crippen LogP contribution in [0.5, 0.6) is 0 Å². The molecule has 0 radical (unpaired) electrons. The summed E-state index contributed by atoms with van der Waals surface area (Å²) in [5, 5.41) is 0. The molecule has 2 nitrogen and oxygen atoms in total. The summed E-state index contributed by atoms with van der Waals surface area (Å²) in [6.45, 7) is 6.71. The van der Waals surface area contributed by atoms with Gasteiger partial charge in [-0.1, -0.05) is 13.8 Å². The Labute approximate surface area is 97.0 Å². The van der Waals surface area contributed by atoms with Crippen LogP contribution < -0.4 is 0 Å². The molecule has 0 spiro atoms. The number of aryl methyl sites for hydroxylation is 1. The van der Waals surface area contributed by atoms with Crippen LogP contribution in [0.15, 0.2) is 18.3 Å². The molecule has 2 saturated heterocycles. The highest BCUT2D eigenvalue weighted by Crippen LogP contribution is 2.50. The fourth-order valence-corrected chi connectivity index (χ4v) is 3.33. The Bertz CT molecular complexity index is 401. The first-order valence-corrected chi connectivity index (χ1v) is 6.25. The lowest BCUT2D eigenvalue weighted by atomic mass is 9.73. The van der Waals surface area contributed by atoms with Crippen molar-refractivity contribution in [2.45, 2.75) is 45.3 Å². The van der Waals surface area contributed by atoms with E-state index in [1.54, 1.807) is 0 Å². The normalized spacial score (nSPS) is 41.6. The van der Waals surface area contributed by atoms with Gasteiger partial charge in [-0.25, -0.2) is 0 Å². The quantitative estimate of drug-likeness (QED) is 0.721. The zero-order valence-corrected chi connectivity index (χ0v) is 10.2. The van der Waals surface area contributed by atoms with Crippen molar-refractivity contribution in [1.29, 1.82) is 0 Å². The van der Waals surface area contributed by atoms with E-state index in [2.05, 4.69) is 37.9 Å². The Hall–Kier alpha value is -0.890. The molecule has 5 atom stereocenters. The van der Waals surface area contributed by atoms with Crippen LogP contribution in [0, 0.1) is 18.8 Å². The number of pyridine rings is 1. The van der Waals surface area contributed by atoms with Crippen LogP contribution in [0.3, 0.4) is 0 Å². The number of aromatic nitrogens is 1. The number of fused-ring (bicyclic) bond motifs is 2. The predicted octanol–water partition coefficient (Wildman–Crippen LogP) is 2.92. The van der Waals surface area contributed by atoms with Gasteiger partial charge < -0.3 is 4.74 Å². The van der Waals surface area contributed by atoms with Crippen LogP contribution in [-0.2, 0) is 4.74 Å². The summed E-state index contributed by atoms with van der Waals surface area (Å²) in [6.07, 6.45) is 4.03. The lowest BCUT2D eigenvalue weighted by molar-refractivity contribution is 0.0854. The van der Waals surface area contributed by atoms with Gasteiger partial charge in [-0.15, -0.1) is 0 Å². The average Bonchev–Trinajstić information content (AvgIpc) is 2.80. The molecule has 2 aliphatic rings. The van der Waals surface area contributed by atoms with Gasteiger partial charge >= 0.3 is 0 Å². The van der Waals surface area contributed by atoms with Crippen molar-refractivity contribution >= 4 is 0 Å². The molecule has 16 heavy (non-hydrogen) atoms. The van der Waals surface area contributed by atoms with E-state index in [0.717, 1.165) is 11.6 Å². The summed E-state index contributed by atoms with van der Waals surface area (Å²) in [4.78, 5) is 4.27. The maximum Gasteiger partial charge on any atom is 0.0677 e. The van der Waals surface area contributed by atoms with Gasteiger partial charge in [0.1, 0.15) is 0 Å². The molecule has 0 aliphatic carbocycles. The van der Waals surface area contributed by atoms with Gasteiger partial charge in [-0.2, -0.15) is 0 Å². The topological polar surface area (TPSA) is 22.1 Å². The van der Waals surface area contributed by atoms with E-state index in [1.165, 1.54) is 12.0 Å². The second kappa shape index (κ2) is 3.56. The summed E-state index contributed by atoms with van der Waals surface area (Å²) in [5.41, 5.74) is 2.53. The minimum atomic E-state index is 0.432. The molecule has 86 valence electrons. The predicted molar refractivity (Wildman–Crippen MR) is 63.3 cm³/mol. The summed E-state index contributed by atoms with van der Waals surface area (Å²) in [5.74, 6) is 2.01. The summed E-state index contributed by atoms with van der Waals surface area (Å²) < 4.78 is 6.08. The number of hydrogen-bond acceptors (Lipinski definition) is 2. The van der Waals surface area contributed by atoms with Crippen LogP contribution in [0.4, 0.5) is 0 Å². The van der Waals surface area contributed by atoms with E-state index in [-0.39, 0.29) is 0 Å². The standard InChI is InChI=1S/C14H19NO/c1-8-6-11(4-5-15-8)12-7-13-9(2)10(3)14(12)16-13/h4-6,9-10,12-14H,7H2,1-3H3/t9?,10-,12?,13?,14?/m0/s1. The fourth-order valence-electron chi connectivity index (χ4n) is 3.33. The molecule has 0 N–H and O–H groups in total. The Morgan fingerprint density at radius 1 is 1.31 bits per heavy atom. The first-order valence-electron chi connectivity index (χ1n) is 6.25. The average molecular weight is 217 g/mol. The second-order valence-electron chi connectivity index (χ2n) is 5.43. The lowest BCUT2D eigenvalue weighted by Crippen LogP contribution is -2.28. The number of ether oxygens (including phenoxy) is 1. The van der Waals surface area contributed by atoms with E-state index in [1.807, 2.05) is 6.20 Å². The van der Waals surface area contributed by atoms with E-state index >= 15 is 0 Å². The van der Waals surface area contributed by atoms with Crippen LogP contribution in [-0.4, -0.2) is 17.2 Å². The van der Waals surface area contributed by atoms with Crippen LogP contribution in [0.1, 0.15) is 37.4 Å². The summed E-state index contributed by atoms with van der Waals surface area (Å²) in [7, 11) is 0. The van der Waals surface area contributed by atoms with Crippen molar-refractivity contribution in [3.05, 3.63) is 29.6 Å². The molecular weight excluding hydrogens is 198 g/mol. The maximum absolute atomic E-state index is 6.08. The Balaban J connectivity index is 1.89. The minimum Gasteiger partial charge on any atom is -0.374 e. The van der Waals surface area contributed by atoms with Crippen molar-refractivity contribution in [3.63, 3.8) is 0 Å². The Kier molecular flexibility index (Phi) is 2.28. The molecule has 2 heteroatoms. The zero-order valence-electron chi connectivity index (χ0n) is 10.2. The first kappa shape index (κ1) is 10.3. The van der Waals surface area contributed by atoms with Crippen LogP contribution in [0.2, 0.25) is 0 Å². The van der Waals surface area contributed by atoms with Crippen molar-refractivity contribution in [3.8, 4) is 0 Å². The highest BCUT2D eigenvalue weighted by Gasteiger charge is 2.50. The highest BCUT2D eigenvalue weighted by molar-refractivity contribution is 5.24. The van der Waals surface area contributed by atoms with Gasteiger partial charge in [-0.05, 0) is 42.9 Å². The highest BCUT2D eigenvalue weighted by atomic mass is 16.5. The largest absolute Gasteiger partial charge is 0.374 e. The van der Waals surface area contributed by atoms with Gasteiger partial charge in [0.15, 0.2) is 0 Å². The Morgan fingerprint density at radius 3 is 2.75 bits per heavy atom. The fraction of sp³-hybridized carbons (Fsp3) is 0.643. The van der Waals surface area contributed by atoms with Crippen molar-refractivity contribution in [1.82, 2.24) is 4.98 Å². The summed E-state index contributed by atoms with van der Waals surface area (Å²) >= 11 is 0. The lowest BCUT2D eigenvalue weighted by Gasteiger charge is -2.28. The third-order valence-electron chi connectivity index (χ3n) is 4.50. The molecule has 4 unspecified atom stereocenters. The van der Waals surface area contributed by atoms with Gasteiger partial charge in [0.2, 0.25) is 0 Å². The minimum absolute atomic E-state index is 0.432. The second-order valence-corrected chi connectivity index (χ2v) is 5.43. The van der Waals surface area contributed by atoms with Gasteiger partial charge in [0, 0.05) is 17.8 Å². The SMILES string of the molecule is Cc1cc(C2CC3OC2[C@@H](C)C3C)ccn1. The molecule has 0 saturated carbocycles. The smallest absolute Gasteiger partial charge is 0.0677 e. The van der Waals surface area contributed by atoms with Crippen molar-refractivity contribution in [2.24, 2.45) is 11.8 Å². The number of nitrogens with zero attached hydrogens (tertiary/aromatic N) is 1.